The molecule has 2 heteroatoms. The molecular formula is C11H14OS. The fraction of sp³-hybridized carbons (Fsp3) is 0.364. The van der Waals surface area contributed by atoms with Gasteiger partial charge in [0.15, 0.2) is 6.29 Å². The number of thioether (sulfide) groups is 1. The van der Waals surface area contributed by atoms with Crippen molar-refractivity contribution in [3.8, 4) is 0 Å². The second kappa shape index (κ2) is 5.07. The van der Waals surface area contributed by atoms with Crippen molar-refractivity contribution in [3.63, 3.8) is 0 Å². The monoisotopic (exact) mass is 194 g/mol. The van der Waals surface area contributed by atoms with E-state index < -0.39 is 0 Å². The normalized spacial score (nSPS) is 10.4. The zero-order valence-corrected chi connectivity index (χ0v) is 8.80. The molecule has 0 aromatic heterocycles. The van der Waals surface area contributed by atoms with Crippen molar-refractivity contribution >= 4 is 18.0 Å². The Labute approximate surface area is 83.5 Å². The number of carbonyl (C=O) groups excluding carboxylic acids is 1. The van der Waals surface area contributed by atoms with E-state index >= 15 is 0 Å². The molecule has 0 amide bonds. The quantitative estimate of drug-likeness (QED) is 0.540. The van der Waals surface area contributed by atoms with Gasteiger partial charge in [-0.1, -0.05) is 32.0 Å². The predicted molar refractivity (Wildman–Crippen MR) is 57.4 cm³/mol. The Bertz CT molecular complexity index is 281. The van der Waals surface area contributed by atoms with Crippen LogP contribution in [0.25, 0.3) is 0 Å². The van der Waals surface area contributed by atoms with Gasteiger partial charge in [-0.05, 0) is 12.0 Å². The molecule has 0 saturated carbocycles. The molecule has 0 heterocycles. The van der Waals surface area contributed by atoms with Crippen LogP contribution in [0.3, 0.4) is 0 Å². The second-order valence-electron chi connectivity index (χ2n) is 3.36. The SMILES string of the molecule is CC(C)CSc1ccccc1C=O. The maximum atomic E-state index is 10.7. The molecule has 0 aliphatic heterocycles. The number of hydrogen-bond acceptors (Lipinski definition) is 2. The predicted octanol–water partition coefficient (Wildman–Crippen LogP) is 3.25. The molecule has 1 nitrogen and oxygen atoms in total. The number of carbonyl (C=O) groups is 1. The highest BCUT2D eigenvalue weighted by atomic mass is 32.2. The van der Waals surface area contributed by atoms with E-state index in [2.05, 4.69) is 13.8 Å². The number of benzene rings is 1. The molecule has 0 saturated heterocycles. The minimum Gasteiger partial charge on any atom is -0.298 e. The molecule has 1 rings (SSSR count). The van der Waals surface area contributed by atoms with Crippen LogP contribution in [0, 0.1) is 5.92 Å². The molecule has 0 unspecified atom stereocenters. The molecule has 0 bridgehead atoms. The van der Waals surface area contributed by atoms with E-state index in [1.807, 2.05) is 24.3 Å². The van der Waals surface area contributed by atoms with Gasteiger partial charge < -0.3 is 0 Å². The largest absolute Gasteiger partial charge is 0.298 e. The summed E-state index contributed by atoms with van der Waals surface area (Å²) in [6, 6.07) is 7.71. The Kier molecular flexibility index (Phi) is 4.03. The van der Waals surface area contributed by atoms with Crippen molar-refractivity contribution in [2.75, 3.05) is 5.75 Å². The topological polar surface area (TPSA) is 17.1 Å². The lowest BCUT2D eigenvalue weighted by atomic mass is 10.2. The fourth-order valence-electron chi connectivity index (χ4n) is 0.966. The van der Waals surface area contributed by atoms with E-state index in [1.54, 1.807) is 11.8 Å². The van der Waals surface area contributed by atoms with Gasteiger partial charge in [-0.25, -0.2) is 0 Å². The van der Waals surface area contributed by atoms with Gasteiger partial charge in [0.2, 0.25) is 0 Å². The molecule has 0 atom stereocenters. The summed E-state index contributed by atoms with van der Waals surface area (Å²) in [7, 11) is 0. The first-order valence-electron chi connectivity index (χ1n) is 4.41. The number of hydrogen-bond donors (Lipinski definition) is 0. The molecule has 0 aliphatic rings. The van der Waals surface area contributed by atoms with E-state index in [-0.39, 0.29) is 0 Å². The highest BCUT2D eigenvalue weighted by Crippen LogP contribution is 2.23. The Balaban J connectivity index is 2.69. The Morgan fingerprint density at radius 1 is 1.38 bits per heavy atom. The van der Waals surface area contributed by atoms with Crippen LogP contribution in [0.15, 0.2) is 29.2 Å². The molecule has 70 valence electrons. The van der Waals surface area contributed by atoms with Gasteiger partial charge in [-0.2, -0.15) is 0 Å². The maximum Gasteiger partial charge on any atom is 0.151 e. The summed E-state index contributed by atoms with van der Waals surface area (Å²) in [5.41, 5.74) is 0.799. The second-order valence-corrected chi connectivity index (χ2v) is 4.42. The van der Waals surface area contributed by atoms with Crippen molar-refractivity contribution in [3.05, 3.63) is 29.8 Å². The van der Waals surface area contributed by atoms with Crippen LogP contribution in [0.2, 0.25) is 0 Å². The van der Waals surface area contributed by atoms with Crippen molar-refractivity contribution in [2.45, 2.75) is 18.7 Å². The first-order valence-corrected chi connectivity index (χ1v) is 5.39. The lowest BCUT2D eigenvalue weighted by molar-refractivity contribution is 0.112. The van der Waals surface area contributed by atoms with Gasteiger partial charge in [0.1, 0.15) is 0 Å². The average Bonchev–Trinajstić information content (AvgIpc) is 2.15. The summed E-state index contributed by atoms with van der Waals surface area (Å²) in [6.45, 7) is 4.35. The standard InChI is InChI=1S/C11H14OS/c1-9(2)8-13-11-6-4-3-5-10(11)7-12/h3-7,9H,8H2,1-2H3. The molecule has 0 N–H and O–H groups in total. The highest BCUT2D eigenvalue weighted by Gasteiger charge is 2.01. The summed E-state index contributed by atoms with van der Waals surface area (Å²) in [4.78, 5) is 11.7. The molecule has 0 spiro atoms. The summed E-state index contributed by atoms with van der Waals surface area (Å²) in [5, 5.41) is 0. The zero-order chi connectivity index (χ0) is 9.68. The third kappa shape index (κ3) is 3.23. The van der Waals surface area contributed by atoms with Crippen molar-refractivity contribution in [1.82, 2.24) is 0 Å². The molecule has 1 aromatic carbocycles. The lowest BCUT2D eigenvalue weighted by Gasteiger charge is -2.05. The molecular weight excluding hydrogens is 180 g/mol. The van der Waals surface area contributed by atoms with Crippen LogP contribution in [-0.2, 0) is 0 Å². The molecule has 1 aromatic rings. The first-order chi connectivity index (χ1) is 6.24. The van der Waals surface area contributed by atoms with E-state index in [0.29, 0.717) is 5.92 Å². The molecule has 13 heavy (non-hydrogen) atoms. The Morgan fingerprint density at radius 2 is 2.08 bits per heavy atom. The number of rotatable bonds is 4. The van der Waals surface area contributed by atoms with Crippen LogP contribution >= 0.6 is 11.8 Å². The van der Waals surface area contributed by atoms with Crippen LogP contribution in [-0.4, -0.2) is 12.0 Å². The maximum absolute atomic E-state index is 10.7. The van der Waals surface area contributed by atoms with E-state index in [4.69, 9.17) is 0 Å². The van der Waals surface area contributed by atoms with Crippen LogP contribution < -0.4 is 0 Å². The molecule has 0 radical (unpaired) electrons. The minimum absolute atomic E-state index is 0.657. The van der Waals surface area contributed by atoms with Gasteiger partial charge in [-0.3, -0.25) is 4.79 Å². The summed E-state index contributed by atoms with van der Waals surface area (Å²) >= 11 is 1.75. The third-order valence-corrected chi connectivity index (χ3v) is 3.13. The molecule has 0 fully saturated rings. The summed E-state index contributed by atoms with van der Waals surface area (Å²) in [5.74, 6) is 1.72. The Morgan fingerprint density at radius 3 is 2.69 bits per heavy atom. The average molecular weight is 194 g/mol. The van der Waals surface area contributed by atoms with Gasteiger partial charge in [-0.15, -0.1) is 11.8 Å². The lowest BCUT2D eigenvalue weighted by Crippen LogP contribution is -1.92. The zero-order valence-electron chi connectivity index (χ0n) is 7.99. The van der Waals surface area contributed by atoms with Crippen LogP contribution in [0.5, 0.6) is 0 Å². The molecule has 0 aliphatic carbocycles. The number of aldehydes is 1. The first kappa shape index (κ1) is 10.3. The minimum atomic E-state index is 0.657. The van der Waals surface area contributed by atoms with E-state index in [9.17, 15) is 4.79 Å². The van der Waals surface area contributed by atoms with Crippen molar-refractivity contribution in [2.24, 2.45) is 5.92 Å². The van der Waals surface area contributed by atoms with Gasteiger partial charge in [0.25, 0.3) is 0 Å². The smallest absolute Gasteiger partial charge is 0.151 e. The van der Waals surface area contributed by atoms with Gasteiger partial charge in [0, 0.05) is 16.2 Å². The van der Waals surface area contributed by atoms with E-state index in [1.165, 1.54) is 0 Å². The Hall–Kier alpha value is -0.760. The van der Waals surface area contributed by atoms with Gasteiger partial charge in [0.05, 0.1) is 0 Å². The van der Waals surface area contributed by atoms with Gasteiger partial charge >= 0.3 is 0 Å². The fourth-order valence-corrected chi connectivity index (χ4v) is 1.94. The van der Waals surface area contributed by atoms with Crippen LogP contribution in [0.1, 0.15) is 24.2 Å². The van der Waals surface area contributed by atoms with Crippen molar-refractivity contribution in [1.29, 1.82) is 0 Å². The summed E-state index contributed by atoms with van der Waals surface area (Å²) in [6.07, 6.45) is 0.919. The highest BCUT2D eigenvalue weighted by molar-refractivity contribution is 7.99. The van der Waals surface area contributed by atoms with E-state index in [0.717, 1.165) is 22.5 Å². The third-order valence-electron chi connectivity index (χ3n) is 1.62. The van der Waals surface area contributed by atoms with Crippen LogP contribution in [0.4, 0.5) is 0 Å². The van der Waals surface area contributed by atoms with Crippen molar-refractivity contribution < 1.29 is 4.79 Å². The summed E-state index contributed by atoms with van der Waals surface area (Å²) < 4.78 is 0.